The lowest BCUT2D eigenvalue weighted by Gasteiger charge is -2.29. The molecule has 6 rings (SSSR count). The monoisotopic (exact) mass is 422 g/mol. The van der Waals surface area contributed by atoms with Crippen molar-refractivity contribution in [3.05, 3.63) is 39.9 Å². The molecule has 3 aliphatic rings. The molecule has 0 amide bonds. The first-order valence-electron chi connectivity index (χ1n) is 11.3. The molecule has 1 saturated heterocycles. The molecule has 3 aromatic rings. The van der Waals surface area contributed by atoms with Crippen LogP contribution in [0.4, 0.5) is 0 Å². The highest BCUT2D eigenvalue weighted by Gasteiger charge is 2.34. The first kappa shape index (κ1) is 18.8. The Morgan fingerprint density at radius 2 is 1.77 bits per heavy atom. The van der Waals surface area contributed by atoms with Crippen LogP contribution in [0.3, 0.4) is 0 Å². The summed E-state index contributed by atoms with van der Waals surface area (Å²) in [5.41, 5.74) is 1.31. The molecule has 0 radical (unpaired) electrons. The van der Waals surface area contributed by atoms with E-state index in [-0.39, 0.29) is 18.4 Å². The SMILES string of the molecule is O=c1[nH]c2cc3c(cc2cc1C(c1nnnn1C1CCCCC1)N1CCCC1)OCO3. The molecule has 162 valence electrons. The molecule has 1 saturated carbocycles. The lowest BCUT2D eigenvalue weighted by atomic mass is 9.95. The van der Waals surface area contributed by atoms with E-state index < -0.39 is 0 Å². The molecule has 1 unspecified atom stereocenters. The van der Waals surface area contributed by atoms with Gasteiger partial charge in [0.2, 0.25) is 6.79 Å². The molecule has 1 N–H and O–H groups in total. The van der Waals surface area contributed by atoms with Gasteiger partial charge in [0.25, 0.3) is 5.56 Å². The van der Waals surface area contributed by atoms with Crippen molar-refractivity contribution >= 4 is 10.9 Å². The largest absolute Gasteiger partial charge is 0.454 e. The lowest BCUT2D eigenvalue weighted by molar-refractivity contribution is 0.174. The Kier molecular flexibility index (Phi) is 4.63. The maximum absolute atomic E-state index is 13.3. The molecular weight excluding hydrogens is 396 g/mol. The predicted octanol–water partition coefficient (Wildman–Crippen LogP) is 2.93. The second kappa shape index (κ2) is 7.64. The van der Waals surface area contributed by atoms with Gasteiger partial charge in [0.15, 0.2) is 17.3 Å². The van der Waals surface area contributed by atoms with Crippen LogP contribution in [0.25, 0.3) is 10.9 Å². The summed E-state index contributed by atoms with van der Waals surface area (Å²) in [5, 5.41) is 13.8. The van der Waals surface area contributed by atoms with Gasteiger partial charge in [-0.15, -0.1) is 5.10 Å². The van der Waals surface area contributed by atoms with Crippen LogP contribution in [-0.2, 0) is 0 Å². The summed E-state index contributed by atoms with van der Waals surface area (Å²) < 4.78 is 13.0. The summed E-state index contributed by atoms with van der Waals surface area (Å²) in [6.07, 6.45) is 8.07. The predicted molar refractivity (Wildman–Crippen MR) is 113 cm³/mol. The first-order chi connectivity index (χ1) is 15.3. The van der Waals surface area contributed by atoms with Gasteiger partial charge in [-0.25, -0.2) is 4.68 Å². The minimum absolute atomic E-state index is 0.110. The third-order valence-corrected chi connectivity index (χ3v) is 6.85. The average molecular weight is 422 g/mol. The third kappa shape index (κ3) is 3.27. The average Bonchev–Trinajstić information content (AvgIpc) is 3.56. The minimum Gasteiger partial charge on any atom is -0.454 e. The van der Waals surface area contributed by atoms with Gasteiger partial charge >= 0.3 is 0 Å². The highest BCUT2D eigenvalue weighted by Crippen LogP contribution is 2.37. The summed E-state index contributed by atoms with van der Waals surface area (Å²) in [6, 6.07) is 5.77. The van der Waals surface area contributed by atoms with Crippen LogP contribution >= 0.6 is 0 Å². The van der Waals surface area contributed by atoms with Crippen LogP contribution in [0.1, 0.15) is 68.4 Å². The van der Waals surface area contributed by atoms with Gasteiger partial charge < -0.3 is 14.5 Å². The number of nitrogens with one attached hydrogen (secondary N) is 1. The van der Waals surface area contributed by atoms with E-state index in [2.05, 4.69) is 25.4 Å². The van der Waals surface area contributed by atoms with E-state index >= 15 is 0 Å². The van der Waals surface area contributed by atoms with Crippen LogP contribution in [0.5, 0.6) is 11.5 Å². The maximum atomic E-state index is 13.3. The van der Waals surface area contributed by atoms with E-state index in [9.17, 15) is 4.79 Å². The van der Waals surface area contributed by atoms with Crippen molar-refractivity contribution in [2.45, 2.75) is 57.0 Å². The van der Waals surface area contributed by atoms with Crippen molar-refractivity contribution in [3.8, 4) is 11.5 Å². The second-order valence-corrected chi connectivity index (χ2v) is 8.77. The van der Waals surface area contributed by atoms with E-state index in [1.54, 1.807) is 0 Å². The van der Waals surface area contributed by atoms with Crippen LogP contribution < -0.4 is 15.0 Å². The summed E-state index contributed by atoms with van der Waals surface area (Å²) in [7, 11) is 0. The number of pyridine rings is 1. The van der Waals surface area contributed by atoms with Gasteiger partial charge in [-0.05, 0) is 61.3 Å². The Morgan fingerprint density at radius 3 is 2.58 bits per heavy atom. The van der Waals surface area contributed by atoms with Crippen molar-refractivity contribution < 1.29 is 9.47 Å². The highest BCUT2D eigenvalue weighted by molar-refractivity contribution is 5.83. The number of tetrazole rings is 1. The van der Waals surface area contributed by atoms with Crippen LogP contribution in [0.2, 0.25) is 0 Å². The number of aromatic nitrogens is 5. The van der Waals surface area contributed by atoms with E-state index in [4.69, 9.17) is 9.47 Å². The molecule has 1 atom stereocenters. The number of benzene rings is 1. The zero-order valence-electron chi connectivity index (χ0n) is 17.4. The molecule has 9 nitrogen and oxygen atoms in total. The number of aromatic amines is 1. The van der Waals surface area contributed by atoms with Gasteiger partial charge in [-0.3, -0.25) is 9.69 Å². The molecule has 0 bridgehead atoms. The van der Waals surface area contributed by atoms with Gasteiger partial charge in [0.1, 0.15) is 6.04 Å². The summed E-state index contributed by atoms with van der Waals surface area (Å²) in [6.45, 7) is 2.07. The number of hydrogen-bond acceptors (Lipinski definition) is 7. The summed E-state index contributed by atoms with van der Waals surface area (Å²) >= 11 is 0. The van der Waals surface area contributed by atoms with E-state index in [1.807, 2.05) is 22.9 Å². The van der Waals surface area contributed by atoms with Crippen molar-refractivity contribution in [1.29, 1.82) is 0 Å². The van der Waals surface area contributed by atoms with E-state index in [1.165, 1.54) is 19.3 Å². The molecule has 0 spiro atoms. The zero-order valence-corrected chi connectivity index (χ0v) is 17.4. The third-order valence-electron chi connectivity index (χ3n) is 6.85. The number of hydrogen-bond donors (Lipinski definition) is 1. The topological polar surface area (TPSA) is 98.2 Å². The van der Waals surface area contributed by atoms with E-state index in [0.29, 0.717) is 23.1 Å². The maximum Gasteiger partial charge on any atom is 0.253 e. The van der Waals surface area contributed by atoms with Crippen LogP contribution in [0.15, 0.2) is 23.0 Å². The van der Waals surface area contributed by atoms with Crippen molar-refractivity contribution in [2.75, 3.05) is 19.9 Å². The Morgan fingerprint density at radius 1 is 1.00 bits per heavy atom. The number of likely N-dealkylation sites (tertiary alicyclic amines) is 1. The normalized spacial score (nSPS) is 20.5. The number of H-pyrrole nitrogens is 1. The molecular formula is C22H26N6O3. The fourth-order valence-corrected chi connectivity index (χ4v) is 5.28. The van der Waals surface area contributed by atoms with Crippen molar-refractivity contribution in [2.24, 2.45) is 0 Å². The molecule has 4 heterocycles. The van der Waals surface area contributed by atoms with Gasteiger partial charge in [-0.2, -0.15) is 0 Å². The second-order valence-electron chi connectivity index (χ2n) is 8.77. The number of nitrogens with zero attached hydrogens (tertiary/aromatic N) is 5. The number of rotatable bonds is 4. The molecule has 9 heteroatoms. The summed E-state index contributed by atoms with van der Waals surface area (Å²) in [4.78, 5) is 18.7. The van der Waals surface area contributed by atoms with Gasteiger partial charge in [-0.1, -0.05) is 19.3 Å². The molecule has 2 aliphatic heterocycles. The van der Waals surface area contributed by atoms with Gasteiger partial charge in [0, 0.05) is 17.0 Å². The van der Waals surface area contributed by atoms with E-state index in [0.717, 1.165) is 55.5 Å². The highest BCUT2D eigenvalue weighted by atomic mass is 16.7. The molecule has 2 fully saturated rings. The first-order valence-corrected chi connectivity index (χ1v) is 11.3. The standard InChI is InChI=1S/C22H26N6O3/c29-22-16(10-14-11-18-19(31-13-30-18)12-17(14)23-22)20(27-8-4-5-9-27)21-24-25-26-28(21)15-6-2-1-3-7-15/h10-12,15,20H,1-9,13H2,(H,23,29). The Bertz CT molecular complexity index is 1160. The zero-order chi connectivity index (χ0) is 20.8. The number of fused-ring (bicyclic) bond motifs is 2. The van der Waals surface area contributed by atoms with Crippen molar-refractivity contribution in [3.63, 3.8) is 0 Å². The molecule has 2 aromatic heterocycles. The Labute approximate surface area is 179 Å². The summed E-state index contributed by atoms with van der Waals surface area (Å²) in [5.74, 6) is 2.14. The smallest absolute Gasteiger partial charge is 0.253 e. The molecule has 1 aromatic carbocycles. The molecule has 31 heavy (non-hydrogen) atoms. The van der Waals surface area contributed by atoms with Gasteiger partial charge in [0.05, 0.1) is 11.6 Å². The minimum atomic E-state index is -0.266. The number of ether oxygens (including phenoxy) is 2. The fraction of sp³-hybridized carbons (Fsp3) is 0.545. The quantitative estimate of drug-likeness (QED) is 0.690. The van der Waals surface area contributed by atoms with Crippen LogP contribution in [-0.4, -0.2) is 50.0 Å². The molecule has 1 aliphatic carbocycles. The lowest BCUT2D eigenvalue weighted by Crippen LogP contribution is -2.34. The Balaban J connectivity index is 1.48. The van der Waals surface area contributed by atoms with Crippen molar-refractivity contribution in [1.82, 2.24) is 30.1 Å². The van der Waals surface area contributed by atoms with Crippen LogP contribution in [0, 0.1) is 0 Å². The Hall–Kier alpha value is -2.94. The fourth-order valence-electron chi connectivity index (χ4n) is 5.28.